The number of aliphatic hydroxyl groups is 1. The number of likely N-dealkylation sites (tertiary alicyclic amines) is 1. The van der Waals surface area contributed by atoms with Gasteiger partial charge in [-0.2, -0.15) is 5.53 Å². The van der Waals surface area contributed by atoms with Crippen molar-refractivity contribution in [1.82, 2.24) is 63.2 Å². The van der Waals surface area contributed by atoms with Crippen LogP contribution in [0.1, 0.15) is 161 Å². The fraction of sp³-hybridized carbons (Fsp3) is 0.841. The Morgan fingerprint density at radius 1 is 0.860 bits per heavy atom. The number of hydrazine groups is 3. The Morgan fingerprint density at radius 2 is 1.57 bits per heavy atom. The molecular weight excluding hydrogens is 1140 g/mol. The van der Waals surface area contributed by atoms with Gasteiger partial charge in [0.05, 0.1) is 70.4 Å². The summed E-state index contributed by atoms with van der Waals surface area (Å²) in [4.78, 5) is 54.8. The standard InChI is InChI=1S/C63H109ClN12O9S/c1-7-45(8-2)47-31-55(76-54(52(64)37-69-76)35-63(34-47)20-10-9-11-21-63)70-49-19-18-48(32-49)66-38-56(78)65-22-12-13-50-39-74(73-72-50)23-24-82-25-26-83-27-28-84-29-30-85-41-57(79)71-59(62(4,5)6)61(81)75-40-51(77)33-53(75)60(80)67-36-44-14-16-46(17-15-44)58-43(3)68-42-86-58/h14-17,43,45,47-55,58-59,66,68-70,72-73,77H,7-13,18-42H2,1-6H3,(H,65,78)(H,67,80)(H,71,79)/t43?,47?,48-,49-,50?,51+,52?,53-,54?,55?,58?,59+/m0/s1. The number of nitrogens with zero attached hydrogens (tertiary/aromatic N) is 3. The number of nitrogens with one attached hydrogen (secondary N) is 9. The van der Waals surface area contributed by atoms with Gasteiger partial charge < -0.3 is 55.5 Å². The first kappa shape index (κ1) is 69.1. The quantitative estimate of drug-likeness (QED) is 0.0351. The van der Waals surface area contributed by atoms with Crippen molar-refractivity contribution in [3.05, 3.63) is 35.4 Å². The van der Waals surface area contributed by atoms with Crippen molar-refractivity contribution in [2.24, 2.45) is 22.7 Å². The Morgan fingerprint density at radius 3 is 2.27 bits per heavy atom. The minimum Gasteiger partial charge on any atom is -0.391 e. The number of β-amino-alcohol motifs (C(OH)–C–C–N with tert-alkyl or cyclic N) is 1. The smallest absolute Gasteiger partial charge is 0.246 e. The SMILES string of the molecule is CCC(CC)C1CC(N[C@H]2CC[C@H](NCC(=O)NCCCC3CN(CCOCCOCCOCCOCC(=O)N[C@H](C(=O)N4C[C@H](O)C[C@H]4C(=O)NCc4ccc(C5SCNC5C)cc4)C(C)(C)C)NN3)C2)N2NCC(Cl)C2CC2(CCCCC2)C1. The molecule has 1 aromatic carbocycles. The minimum absolute atomic E-state index is 0.000772. The highest BCUT2D eigenvalue weighted by Crippen LogP contribution is 2.51. The molecule has 7 fully saturated rings. The maximum atomic E-state index is 14.0. The zero-order chi connectivity index (χ0) is 61.1. The van der Waals surface area contributed by atoms with E-state index < -0.39 is 35.4 Å². The number of fused-ring (bicyclic) bond motifs is 1. The summed E-state index contributed by atoms with van der Waals surface area (Å²) in [5.74, 6) is 1.21. The molecule has 2 saturated carbocycles. The Balaban J connectivity index is 0.606. The third kappa shape index (κ3) is 20.6. The number of benzene rings is 1. The molecule has 1 spiro atoms. The van der Waals surface area contributed by atoms with Crippen molar-refractivity contribution in [2.75, 3.05) is 98.0 Å². The average Bonchev–Trinajstić information content (AvgIpc) is 2.69. The molecule has 5 aliphatic heterocycles. The second kappa shape index (κ2) is 34.6. The van der Waals surface area contributed by atoms with Crippen molar-refractivity contribution < 1.29 is 43.2 Å². The second-order valence-electron chi connectivity index (χ2n) is 26.9. The van der Waals surface area contributed by atoms with Crippen LogP contribution in [0.5, 0.6) is 0 Å². The van der Waals surface area contributed by atoms with Gasteiger partial charge in [-0.05, 0) is 105 Å². The van der Waals surface area contributed by atoms with E-state index in [1.54, 1.807) is 0 Å². The van der Waals surface area contributed by atoms with Crippen molar-refractivity contribution in [3.8, 4) is 0 Å². The Hall–Kier alpha value is -2.78. The van der Waals surface area contributed by atoms with E-state index in [1.165, 1.54) is 74.7 Å². The van der Waals surface area contributed by atoms with Crippen molar-refractivity contribution in [3.63, 3.8) is 0 Å². The molecule has 7 aliphatic rings. The van der Waals surface area contributed by atoms with E-state index in [4.69, 9.17) is 30.5 Å². The van der Waals surface area contributed by atoms with Crippen LogP contribution >= 0.6 is 23.4 Å². The molecule has 0 bridgehead atoms. The van der Waals surface area contributed by atoms with Crippen LogP contribution in [0.25, 0.3) is 0 Å². The minimum atomic E-state index is -0.950. The van der Waals surface area contributed by atoms with Crippen molar-refractivity contribution in [1.29, 1.82) is 0 Å². The van der Waals surface area contributed by atoms with Gasteiger partial charge in [-0.15, -0.1) is 23.4 Å². The molecule has 488 valence electrons. The maximum Gasteiger partial charge on any atom is 0.246 e. The predicted octanol–water partition coefficient (Wildman–Crippen LogP) is 4.58. The Bertz CT molecular complexity index is 2230. The summed E-state index contributed by atoms with van der Waals surface area (Å²) in [5.41, 5.74) is 12.3. The molecule has 21 nitrogen and oxygen atoms in total. The topological polar surface area (TPSA) is 243 Å². The van der Waals surface area contributed by atoms with E-state index >= 15 is 0 Å². The zero-order valence-corrected chi connectivity index (χ0v) is 54.4. The molecular formula is C63H109ClN12O9S. The van der Waals surface area contributed by atoms with Gasteiger partial charge in [-0.25, -0.2) is 15.4 Å². The van der Waals surface area contributed by atoms with Crippen LogP contribution in [-0.4, -0.2) is 202 Å². The number of carbonyl (C=O) groups is 4. The van der Waals surface area contributed by atoms with Crippen LogP contribution in [0.3, 0.4) is 0 Å². The summed E-state index contributed by atoms with van der Waals surface area (Å²) in [6.45, 7) is 18.5. The molecule has 10 N–H and O–H groups in total. The molecule has 7 unspecified atom stereocenters. The lowest BCUT2D eigenvalue weighted by atomic mass is 9.62. The number of amides is 4. The van der Waals surface area contributed by atoms with Crippen LogP contribution in [0.15, 0.2) is 24.3 Å². The first-order valence-electron chi connectivity index (χ1n) is 33.0. The Kier molecular flexibility index (Phi) is 27.8. The number of alkyl halides is 1. The van der Waals surface area contributed by atoms with Gasteiger partial charge in [0, 0.05) is 87.0 Å². The second-order valence-corrected chi connectivity index (χ2v) is 28.6. The highest BCUT2D eigenvalue weighted by Gasteiger charge is 2.49. The molecule has 2 aliphatic carbocycles. The largest absolute Gasteiger partial charge is 0.391 e. The third-order valence-electron chi connectivity index (χ3n) is 19.4. The maximum absolute atomic E-state index is 14.0. The van der Waals surface area contributed by atoms with Gasteiger partial charge in [0.2, 0.25) is 23.6 Å². The van der Waals surface area contributed by atoms with Gasteiger partial charge in [0.25, 0.3) is 0 Å². The number of thioether (sulfide) groups is 1. The number of ether oxygens (including phenoxy) is 4. The van der Waals surface area contributed by atoms with E-state index in [2.05, 4.69) is 91.2 Å². The van der Waals surface area contributed by atoms with Crippen LogP contribution in [-0.2, 0) is 44.7 Å². The zero-order valence-electron chi connectivity index (χ0n) is 52.8. The van der Waals surface area contributed by atoms with E-state index in [-0.39, 0.29) is 62.2 Å². The monoisotopic (exact) mass is 1240 g/mol. The molecule has 8 rings (SSSR count). The molecule has 5 saturated heterocycles. The first-order valence-corrected chi connectivity index (χ1v) is 34.5. The highest BCUT2D eigenvalue weighted by molar-refractivity contribution is 7.99. The lowest BCUT2D eigenvalue weighted by Gasteiger charge is -2.49. The van der Waals surface area contributed by atoms with Crippen LogP contribution < -0.4 is 48.3 Å². The number of rotatable bonds is 32. The third-order valence-corrected chi connectivity index (χ3v) is 21.3. The van der Waals surface area contributed by atoms with Crippen LogP contribution in [0.2, 0.25) is 0 Å². The summed E-state index contributed by atoms with van der Waals surface area (Å²) in [7, 11) is 0. The number of carbonyl (C=O) groups excluding carboxylic acids is 4. The normalized spacial score (nSPS) is 29.3. The molecule has 1 aromatic rings. The number of halogens is 1. The number of hydrogen-bond donors (Lipinski definition) is 10. The highest BCUT2D eigenvalue weighted by atomic mass is 35.5. The Labute approximate surface area is 523 Å². The molecule has 86 heavy (non-hydrogen) atoms. The summed E-state index contributed by atoms with van der Waals surface area (Å²) in [5, 5.41) is 35.9. The lowest BCUT2D eigenvalue weighted by Crippen LogP contribution is -2.59. The molecule has 4 amide bonds. The molecule has 23 heteroatoms. The van der Waals surface area contributed by atoms with E-state index in [0.29, 0.717) is 93.4 Å². The van der Waals surface area contributed by atoms with Crippen LogP contribution in [0.4, 0.5) is 0 Å². The van der Waals surface area contributed by atoms with Crippen molar-refractivity contribution >= 4 is 47.0 Å². The van der Waals surface area contributed by atoms with Gasteiger partial charge >= 0.3 is 0 Å². The van der Waals surface area contributed by atoms with Gasteiger partial charge in [-0.3, -0.25) is 29.9 Å². The van der Waals surface area contributed by atoms with Crippen LogP contribution in [0, 0.1) is 22.7 Å². The number of hydrogen-bond acceptors (Lipinski definition) is 18. The van der Waals surface area contributed by atoms with E-state index in [1.807, 2.05) is 44.7 Å². The molecule has 12 atom stereocenters. The fourth-order valence-electron chi connectivity index (χ4n) is 14.6. The first-order chi connectivity index (χ1) is 41.5. The average molecular weight is 1250 g/mol. The predicted molar refractivity (Wildman–Crippen MR) is 337 cm³/mol. The molecule has 5 heterocycles. The van der Waals surface area contributed by atoms with Gasteiger partial charge in [-0.1, -0.05) is 91.0 Å². The fourth-order valence-corrected chi connectivity index (χ4v) is 16.2. The molecule has 0 aromatic heterocycles. The van der Waals surface area contributed by atoms with Gasteiger partial charge in [0.1, 0.15) is 18.7 Å². The van der Waals surface area contributed by atoms with Gasteiger partial charge in [0.15, 0.2) is 0 Å². The summed E-state index contributed by atoms with van der Waals surface area (Å²) in [6.07, 6.45) is 17.7. The van der Waals surface area contributed by atoms with Crippen molar-refractivity contribution in [2.45, 2.75) is 216 Å². The molecule has 0 radical (unpaired) electrons. The summed E-state index contributed by atoms with van der Waals surface area (Å²) < 4.78 is 22.7. The van der Waals surface area contributed by atoms with E-state index in [9.17, 15) is 24.3 Å². The van der Waals surface area contributed by atoms with E-state index in [0.717, 1.165) is 69.1 Å². The summed E-state index contributed by atoms with van der Waals surface area (Å²) in [6, 6.07) is 8.18. The summed E-state index contributed by atoms with van der Waals surface area (Å²) >= 11 is 8.99. The number of aliphatic hydroxyl groups excluding tert-OH is 1. The lowest BCUT2D eigenvalue weighted by molar-refractivity contribution is -0.144.